The molecule has 1 unspecified atom stereocenters. The lowest BCUT2D eigenvalue weighted by Gasteiger charge is -2.08. The van der Waals surface area contributed by atoms with Crippen LogP contribution in [0.4, 0.5) is 0 Å². The molecular formula is C10H15N3O. The number of hydrogen-bond donors (Lipinski definition) is 4. The number of hydrogen-bond acceptors (Lipinski definition) is 4. The summed E-state index contributed by atoms with van der Waals surface area (Å²) < 4.78 is 0. The van der Waals surface area contributed by atoms with Crippen LogP contribution >= 0.6 is 0 Å². The second-order valence-electron chi connectivity index (χ2n) is 3.09. The Balaban J connectivity index is 2.81. The normalized spacial score (nSPS) is 12.1. The minimum atomic E-state index is -0.298. The molecule has 1 aromatic rings. The monoisotopic (exact) mass is 193 g/mol. The fourth-order valence-corrected chi connectivity index (χ4v) is 1.15. The van der Waals surface area contributed by atoms with Crippen molar-refractivity contribution in [3.05, 3.63) is 47.3 Å². The van der Waals surface area contributed by atoms with E-state index in [9.17, 15) is 0 Å². The van der Waals surface area contributed by atoms with Crippen molar-refractivity contribution < 1.29 is 5.11 Å². The molecule has 1 aromatic carbocycles. The molecule has 76 valence electrons. The summed E-state index contributed by atoms with van der Waals surface area (Å²) in [6.07, 6.45) is 1.58. The van der Waals surface area contributed by atoms with Gasteiger partial charge in [-0.25, -0.2) is 0 Å². The summed E-state index contributed by atoms with van der Waals surface area (Å²) in [5.74, 6) is 0.212. The van der Waals surface area contributed by atoms with Gasteiger partial charge < -0.3 is 22.3 Å². The van der Waals surface area contributed by atoms with Crippen LogP contribution in [-0.4, -0.2) is 5.11 Å². The van der Waals surface area contributed by atoms with E-state index in [1.54, 1.807) is 6.08 Å². The number of benzene rings is 1. The maximum Gasteiger partial charge on any atom is 0.0911 e. The Morgan fingerprint density at radius 1 is 1.29 bits per heavy atom. The van der Waals surface area contributed by atoms with Crippen LogP contribution in [0.15, 0.2) is 36.2 Å². The second kappa shape index (κ2) is 4.64. The van der Waals surface area contributed by atoms with Crippen LogP contribution in [0, 0.1) is 0 Å². The number of aliphatic hydroxyl groups excluding tert-OH is 1. The van der Waals surface area contributed by atoms with Gasteiger partial charge in [0, 0.05) is 0 Å². The van der Waals surface area contributed by atoms with Gasteiger partial charge in [-0.1, -0.05) is 24.3 Å². The van der Waals surface area contributed by atoms with Gasteiger partial charge in [-0.05, 0) is 17.2 Å². The van der Waals surface area contributed by atoms with Crippen LogP contribution in [0.3, 0.4) is 0 Å². The first kappa shape index (κ1) is 10.6. The minimum Gasteiger partial charge on any atom is -0.392 e. The molecular weight excluding hydrogens is 178 g/mol. The molecule has 0 saturated heterocycles. The van der Waals surface area contributed by atoms with E-state index in [0.29, 0.717) is 0 Å². The van der Waals surface area contributed by atoms with Gasteiger partial charge in [-0.3, -0.25) is 0 Å². The summed E-state index contributed by atoms with van der Waals surface area (Å²) in [7, 11) is 0. The Bertz CT molecular complexity index is 315. The zero-order valence-electron chi connectivity index (χ0n) is 7.85. The van der Waals surface area contributed by atoms with E-state index >= 15 is 0 Å². The minimum absolute atomic E-state index is 0.0321. The smallest absolute Gasteiger partial charge is 0.0911 e. The van der Waals surface area contributed by atoms with Gasteiger partial charge in [0.05, 0.1) is 18.5 Å². The van der Waals surface area contributed by atoms with E-state index in [-0.39, 0.29) is 18.5 Å². The molecule has 0 radical (unpaired) electrons. The second-order valence-corrected chi connectivity index (χ2v) is 3.09. The van der Waals surface area contributed by atoms with Crippen molar-refractivity contribution in [3.63, 3.8) is 0 Å². The third-order valence-electron chi connectivity index (χ3n) is 1.92. The fraction of sp³-hybridized carbons (Fsp3) is 0.200. The summed E-state index contributed by atoms with van der Waals surface area (Å²) >= 11 is 0. The topological polar surface area (TPSA) is 98.3 Å². The number of rotatable bonds is 3. The molecule has 0 aromatic heterocycles. The summed E-state index contributed by atoms with van der Waals surface area (Å²) in [5, 5.41) is 8.83. The average Bonchev–Trinajstić information content (AvgIpc) is 2.17. The molecule has 4 heteroatoms. The van der Waals surface area contributed by atoms with Crippen LogP contribution in [0.2, 0.25) is 0 Å². The summed E-state index contributed by atoms with van der Waals surface area (Å²) in [6.45, 7) is 0.0321. The lowest BCUT2D eigenvalue weighted by molar-refractivity contribution is 0.282. The average molecular weight is 193 g/mol. The van der Waals surface area contributed by atoms with Crippen molar-refractivity contribution in [1.29, 1.82) is 0 Å². The Labute approximate surface area is 83.0 Å². The molecule has 0 bridgehead atoms. The molecule has 0 aliphatic carbocycles. The van der Waals surface area contributed by atoms with Gasteiger partial charge in [-0.15, -0.1) is 0 Å². The predicted octanol–water partition coefficient (Wildman–Crippen LogP) is -0.0625. The first-order valence-corrected chi connectivity index (χ1v) is 4.31. The van der Waals surface area contributed by atoms with Gasteiger partial charge >= 0.3 is 0 Å². The first-order chi connectivity index (χ1) is 6.63. The Kier molecular flexibility index (Phi) is 3.50. The molecule has 1 rings (SSSR count). The van der Waals surface area contributed by atoms with Crippen LogP contribution in [0.5, 0.6) is 0 Å². The van der Waals surface area contributed by atoms with E-state index in [2.05, 4.69) is 0 Å². The molecule has 0 aliphatic rings. The maximum atomic E-state index is 8.83. The lowest BCUT2D eigenvalue weighted by Crippen LogP contribution is -2.14. The standard InChI is InChI=1S/C10H15N3O/c11-9(5-10(12)13)8-3-1-7(6-14)2-4-8/h1-5,9,14H,6,11-13H2. The molecule has 14 heavy (non-hydrogen) atoms. The molecule has 7 N–H and O–H groups in total. The number of aliphatic hydroxyl groups is 1. The molecule has 1 atom stereocenters. The maximum absolute atomic E-state index is 8.83. The van der Waals surface area contributed by atoms with E-state index in [4.69, 9.17) is 22.3 Å². The third kappa shape index (κ3) is 2.76. The molecule has 0 saturated carbocycles. The third-order valence-corrected chi connectivity index (χ3v) is 1.92. The van der Waals surface area contributed by atoms with Gasteiger partial charge in [0.25, 0.3) is 0 Å². The highest BCUT2D eigenvalue weighted by Gasteiger charge is 2.02. The fourth-order valence-electron chi connectivity index (χ4n) is 1.15. The van der Waals surface area contributed by atoms with Crippen molar-refractivity contribution in [2.75, 3.05) is 0 Å². The van der Waals surface area contributed by atoms with Gasteiger partial charge in [-0.2, -0.15) is 0 Å². The quantitative estimate of drug-likeness (QED) is 0.540. The van der Waals surface area contributed by atoms with E-state index in [1.165, 1.54) is 0 Å². The van der Waals surface area contributed by atoms with Crippen molar-refractivity contribution in [1.82, 2.24) is 0 Å². The summed E-state index contributed by atoms with van der Waals surface area (Å²) in [6, 6.07) is 7.02. The van der Waals surface area contributed by atoms with Crippen LogP contribution in [0.25, 0.3) is 0 Å². The largest absolute Gasteiger partial charge is 0.392 e. The van der Waals surface area contributed by atoms with Crippen molar-refractivity contribution >= 4 is 0 Å². The van der Waals surface area contributed by atoms with E-state index in [0.717, 1.165) is 11.1 Å². The summed E-state index contributed by atoms with van der Waals surface area (Å²) in [5.41, 5.74) is 18.2. The van der Waals surface area contributed by atoms with Crippen molar-refractivity contribution in [3.8, 4) is 0 Å². The Morgan fingerprint density at radius 2 is 1.86 bits per heavy atom. The summed E-state index contributed by atoms with van der Waals surface area (Å²) in [4.78, 5) is 0. The zero-order chi connectivity index (χ0) is 10.6. The van der Waals surface area contributed by atoms with Gasteiger partial charge in [0.2, 0.25) is 0 Å². The zero-order valence-corrected chi connectivity index (χ0v) is 7.85. The van der Waals surface area contributed by atoms with Crippen molar-refractivity contribution in [2.24, 2.45) is 17.2 Å². The first-order valence-electron chi connectivity index (χ1n) is 4.31. The Morgan fingerprint density at radius 3 is 2.29 bits per heavy atom. The lowest BCUT2D eigenvalue weighted by atomic mass is 10.1. The van der Waals surface area contributed by atoms with E-state index < -0.39 is 0 Å². The molecule has 0 heterocycles. The highest BCUT2D eigenvalue weighted by atomic mass is 16.3. The van der Waals surface area contributed by atoms with Gasteiger partial charge in [0.1, 0.15) is 0 Å². The van der Waals surface area contributed by atoms with Crippen molar-refractivity contribution in [2.45, 2.75) is 12.6 Å². The Hall–Kier alpha value is -1.52. The number of nitrogens with two attached hydrogens (primary N) is 3. The van der Waals surface area contributed by atoms with Gasteiger partial charge in [0.15, 0.2) is 0 Å². The molecule has 4 nitrogen and oxygen atoms in total. The predicted molar refractivity (Wildman–Crippen MR) is 55.8 cm³/mol. The highest BCUT2D eigenvalue weighted by Crippen LogP contribution is 2.12. The van der Waals surface area contributed by atoms with Crippen LogP contribution in [0.1, 0.15) is 17.2 Å². The van der Waals surface area contributed by atoms with E-state index in [1.807, 2.05) is 24.3 Å². The molecule has 0 aliphatic heterocycles. The molecule has 0 amide bonds. The SMILES string of the molecule is NC(N)=CC(N)c1ccc(CO)cc1. The van der Waals surface area contributed by atoms with Crippen LogP contribution < -0.4 is 17.2 Å². The van der Waals surface area contributed by atoms with Crippen LogP contribution in [-0.2, 0) is 6.61 Å². The molecule has 0 fully saturated rings. The highest BCUT2D eigenvalue weighted by molar-refractivity contribution is 5.27. The molecule has 0 spiro atoms.